The van der Waals surface area contributed by atoms with E-state index in [1.807, 2.05) is 6.92 Å². The molecule has 1 saturated heterocycles. The van der Waals surface area contributed by atoms with Gasteiger partial charge in [0.25, 0.3) is 10.1 Å². The fraction of sp³-hybridized carbons (Fsp3) is 0.455. The standard InChI is InChI=1S/C26H33F3N2O5.C7H8O3S/c1-5-35-24(32)21-17(3)31(12-11-30-13-15-34-16-14-30)18(4)22(25(33)36-6-2)23(21)19-9-7-8-10-20(19)26(27,28)29;1-6-2-4-7(5-3-6)11(8,9)10/h7-10,23H,5-6,11-16H2,1-4H3;2-5H,1H3,(H,8,9,10). The van der Waals surface area contributed by atoms with Crippen LogP contribution in [-0.2, 0) is 40.1 Å². The van der Waals surface area contributed by atoms with Crippen molar-refractivity contribution in [1.29, 1.82) is 0 Å². The highest BCUT2D eigenvalue weighted by Crippen LogP contribution is 2.46. The first-order valence-corrected chi connectivity index (χ1v) is 16.6. The summed E-state index contributed by atoms with van der Waals surface area (Å²) in [6, 6.07) is 11.0. The molecule has 2 aromatic carbocycles. The van der Waals surface area contributed by atoms with Gasteiger partial charge in [0.15, 0.2) is 0 Å². The number of alkyl halides is 3. The third-order valence-electron chi connectivity index (χ3n) is 7.80. The quantitative estimate of drug-likeness (QED) is 0.274. The normalized spacial score (nSPS) is 16.5. The van der Waals surface area contributed by atoms with Gasteiger partial charge in [0, 0.05) is 37.6 Å². The van der Waals surface area contributed by atoms with Crippen LogP contribution in [0.2, 0.25) is 0 Å². The van der Waals surface area contributed by atoms with Gasteiger partial charge in [-0.15, -0.1) is 0 Å². The van der Waals surface area contributed by atoms with Crippen molar-refractivity contribution in [2.45, 2.75) is 51.6 Å². The molecule has 0 atom stereocenters. The first kappa shape index (κ1) is 37.7. The number of hydrogen-bond donors (Lipinski definition) is 1. The fourth-order valence-electron chi connectivity index (χ4n) is 5.48. The second-order valence-electron chi connectivity index (χ2n) is 10.9. The summed E-state index contributed by atoms with van der Waals surface area (Å²) < 4.78 is 87.7. The lowest BCUT2D eigenvalue weighted by atomic mass is 9.78. The summed E-state index contributed by atoms with van der Waals surface area (Å²) in [4.78, 5) is 30.4. The van der Waals surface area contributed by atoms with Gasteiger partial charge < -0.3 is 19.1 Å². The van der Waals surface area contributed by atoms with Gasteiger partial charge >= 0.3 is 18.1 Å². The van der Waals surface area contributed by atoms with Crippen LogP contribution in [-0.4, -0.2) is 87.3 Å². The second kappa shape index (κ2) is 16.4. The maximum Gasteiger partial charge on any atom is 0.416 e. The number of hydrogen-bond acceptors (Lipinski definition) is 9. The topological polar surface area (TPSA) is 123 Å². The minimum Gasteiger partial charge on any atom is -0.463 e. The van der Waals surface area contributed by atoms with Crippen LogP contribution in [0.4, 0.5) is 13.2 Å². The Labute approximate surface area is 273 Å². The van der Waals surface area contributed by atoms with E-state index in [0.29, 0.717) is 37.7 Å². The van der Waals surface area contributed by atoms with Gasteiger partial charge in [0.2, 0.25) is 0 Å². The van der Waals surface area contributed by atoms with Crippen molar-refractivity contribution in [1.82, 2.24) is 9.80 Å². The Balaban J connectivity index is 0.000000461. The maximum absolute atomic E-state index is 14.1. The van der Waals surface area contributed by atoms with Gasteiger partial charge in [-0.2, -0.15) is 21.6 Å². The van der Waals surface area contributed by atoms with Crippen molar-refractivity contribution in [2.24, 2.45) is 0 Å². The summed E-state index contributed by atoms with van der Waals surface area (Å²) in [5.41, 5.74) is 0.762. The number of ether oxygens (including phenoxy) is 3. The molecule has 0 aromatic heterocycles. The Morgan fingerprint density at radius 3 is 1.85 bits per heavy atom. The van der Waals surface area contributed by atoms with E-state index in [1.165, 1.54) is 30.3 Å². The number of carbonyl (C=O) groups excluding carboxylic acids is 2. The zero-order valence-corrected chi connectivity index (χ0v) is 27.9. The molecule has 0 bridgehead atoms. The number of benzene rings is 2. The van der Waals surface area contributed by atoms with Crippen molar-refractivity contribution < 1.29 is 49.9 Å². The number of nitrogens with zero attached hydrogens (tertiary/aromatic N) is 2. The summed E-state index contributed by atoms with van der Waals surface area (Å²) in [6.07, 6.45) is -4.69. The molecule has 1 N–H and O–H groups in total. The minimum absolute atomic E-state index is 0.00387. The summed E-state index contributed by atoms with van der Waals surface area (Å²) in [5, 5.41) is 0. The average molecular weight is 683 g/mol. The Kier molecular flexibility index (Phi) is 13.2. The van der Waals surface area contributed by atoms with E-state index in [2.05, 4.69) is 4.90 Å². The highest BCUT2D eigenvalue weighted by Gasteiger charge is 2.44. The Morgan fingerprint density at radius 2 is 1.38 bits per heavy atom. The van der Waals surface area contributed by atoms with E-state index in [-0.39, 0.29) is 34.8 Å². The molecule has 0 aliphatic carbocycles. The van der Waals surface area contributed by atoms with Crippen LogP contribution in [0, 0.1) is 6.92 Å². The molecule has 47 heavy (non-hydrogen) atoms. The van der Waals surface area contributed by atoms with Gasteiger partial charge in [0.1, 0.15) is 0 Å². The van der Waals surface area contributed by atoms with Crippen molar-refractivity contribution in [3.8, 4) is 0 Å². The number of esters is 2. The number of rotatable bonds is 9. The molecule has 0 unspecified atom stereocenters. The smallest absolute Gasteiger partial charge is 0.416 e. The van der Waals surface area contributed by atoms with Crippen molar-refractivity contribution in [3.05, 3.63) is 87.8 Å². The second-order valence-corrected chi connectivity index (χ2v) is 12.3. The third-order valence-corrected chi connectivity index (χ3v) is 8.66. The molecule has 2 aromatic rings. The Bertz CT molecular complexity index is 1540. The van der Waals surface area contributed by atoms with Crippen LogP contribution >= 0.6 is 0 Å². The van der Waals surface area contributed by atoms with E-state index < -0.39 is 39.7 Å². The molecular weight excluding hydrogens is 641 g/mol. The van der Waals surface area contributed by atoms with Gasteiger partial charge in [-0.25, -0.2) is 9.59 Å². The molecular formula is C33H41F3N2O8S. The molecule has 0 amide bonds. The lowest BCUT2D eigenvalue weighted by molar-refractivity contribution is -0.142. The summed E-state index contributed by atoms with van der Waals surface area (Å²) >= 11 is 0. The van der Waals surface area contributed by atoms with Crippen LogP contribution in [0.1, 0.15) is 50.3 Å². The highest BCUT2D eigenvalue weighted by atomic mass is 32.2. The maximum atomic E-state index is 14.1. The Hall–Kier alpha value is -3.72. The lowest BCUT2D eigenvalue weighted by Crippen LogP contribution is -2.43. The van der Waals surface area contributed by atoms with Crippen molar-refractivity contribution in [2.75, 3.05) is 52.6 Å². The highest BCUT2D eigenvalue weighted by molar-refractivity contribution is 7.85. The van der Waals surface area contributed by atoms with E-state index in [4.69, 9.17) is 18.8 Å². The molecule has 10 nitrogen and oxygen atoms in total. The first-order valence-electron chi connectivity index (χ1n) is 15.1. The zero-order chi connectivity index (χ0) is 34.9. The van der Waals surface area contributed by atoms with E-state index in [1.54, 1.807) is 44.7 Å². The summed E-state index contributed by atoms with van der Waals surface area (Å²) in [7, 11) is -4.02. The molecule has 0 saturated carbocycles. The largest absolute Gasteiger partial charge is 0.463 e. The lowest BCUT2D eigenvalue weighted by Gasteiger charge is -2.39. The predicted octanol–water partition coefficient (Wildman–Crippen LogP) is 5.35. The summed E-state index contributed by atoms with van der Waals surface area (Å²) in [6.45, 7) is 12.3. The van der Waals surface area contributed by atoms with E-state index in [0.717, 1.165) is 24.7 Å². The first-order chi connectivity index (χ1) is 22.1. The fourth-order valence-corrected chi connectivity index (χ4v) is 5.96. The van der Waals surface area contributed by atoms with Crippen molar-refractivity contribution >= 4 is 22.1 Å². The third kappa shape index (κ3) is 9.66. The molecule has 2 aliphatic heterocycles. The van der Waals surface area contributed by atoms with Crippen LogP contribution in [0.15, 0.2) is 76.0 Å². The number of halogens is 3. The minimum atomic E-state index is -4.69. The predicted molar refractivity (Wildman–Crippen MR) is 168 cm³/mol. The molecule has 0 spiro atoms. The van der Waals surface area contributed by atoms with Crippen LogP contribution < -0.4 is 0 Å². The van der Waals surface area contributed by atoms with Gasteiger partial charge in [0.05, 0.1) is 54.0 Å². The van der Waals surface area contributed by atoms with Crippen molar-refractivity contribution in [3.63, 3.8) is 0 Å². The SMILES string of the molecule is CCOC(=O)C1=C(C)N(CCN2CCOCC2)C(C)=C(C(=O)OCC)C1c1ccccc1C(F)(F)F.Cc1ccc(S(=O)(=O)O)cc1. The molecule has 0 radical (unpaired) electrons. The van der Waals surface area contributed by atoms with Crippen LogP contribution in [0.25, 0.3) is 0 Å². The number of aryl methyl sites for hydroxylation is 1. The molecule has 1 fully saturated rings. The van der Waals surface area contributed by atoms with Gasteiger partial charge in [-0.1, -0.05) is 35.9 Å². The van der Waals surface area contributed by atoms with E-state index >= 15 is 0 Å². The number of morpholine rings is 1. The molecule has 4 rings (SSSR count). The van der Waals surface area contributed by atoms with Gasteiger partial charge in [-0.3, -0.25) is 9.45 Å². The molecule has 2 heterocycles. The summed E-state index contributed by atoms with van der Waals surface area (Å²) in [5.74, 6) is -2.81. The van der Waals surface area contributed by atoms with Gasteiger partial charge in [-0.05, 0) is 58.4 Å². The van der Waals surface area contributed by atoms with Crippen LogP contribution in [0.5, 0.6) is 0 Å². The Morgan fingerprint density at radius 1 is 0.872 bits per heavy atom. The number of carbonyl (C=O) groups is 2. The van der Waals surface area contributed by atoms with E-state index in [9.17, 15) is 31.2 Å². The monoisotopic (exact) mass is 682 g/mol. The molecule has 14 heteroatoms. The zero-order valence-electron chi connectivity index (χ0n) is 27.1. The van der Waals surface area contributed by atoms with Crippen LogP contribution in [0.3, 0.4) is 0 Å². The molecule has 2 aliphatic rings. The molecule has 258 valence electrons. The number of allylic oxidation sites excluding steroid dienone is 2. The average Bonchev–Trinajstić information content (AvgIpc) is 3.01.